The Morgan fingerprint density at radius 1 is 1.07 bits per heavy atom. The molecule has 6 nitrogen and oxygen atoms in total. The van der Waals surface area contributed by atoms with Gasteiger partial charge >= 0.3 is 0 Å². The fourth-order valence-corrected chi connectivity index (χ4v) is 4.41. The zero-order valence-corrected chi connectivity index (χ0v) is 17.5. The number of benzene rings is 2. The Hall–Kier alpha value is -3.19. The Bertz CT molecular complexity index is 1150. The number of hydrogen-bond acceptors (Lipinski definition) is 5. The third-order valence-corrected chi connectivity index (χ3v) is 6.12. The number of aryl methyl sites for hydroxylation is 1. The van der Waals surface area contributed by atoms with Crippen LogP contribution in [0.4, 0.5) is 5.69 Å². The van der Waals surface area contributed by atoms with E-state index in [1.165, 1.54) is 11.8 Å². The summed E-state index contributed by atoms with van der Waals surface area (Å²) in [5, 5.41) is 3.19. The number of fused-ring (bicyclic) bond motifs is 2. The van der Waals surface area contributed by atoms with Gasteiger partial charge < -0.3 is 9.88 Å². The van der Waals surface area contributed by atoms with Crippen LogP contribution in [-0.2, 0) is 11.3 Å². The van der Waals surface area contributed by atoms with Crippen molar-refractivity contribution in [3.05, 3.63) is 77.1 Å². The van der Waals surface area contributed by atoms with Crippen LogP contribution in [0.2, 0.25) is 0 Å². The lowest BCUT2D eigenvalue weighted by Gasteiger charge is -2.21. The molecule has 1 aliphatic carbocycles. The van der Waals surface area contributed by atoms with Crippen LogP contribution in [0, 0.1) is 0 Å². The summed E-state index contributed by atoms with van der Waals surface area (Å²) in [7, 11) is 0. The third-order valence-electron chi connectivity index (χ3n) is 5.00. The van der Waals surface area contributed by atoms with E-state index in [1.54, 1.807) is 55.6 Å². The summed E-state index contributed by atoms with van der Waals surface area (Å²) < 4.78 is 2.01. The summed E-state index contributed by atoms with van der Waals surface area (Å²) in [6, 6.07) is 11.7. The van der Waals surface area contributed by atoms with E-state index in [1.807, 2.05) is 10.8 Å². The van der Waals surface area contributed by atoms with Gasteiger partial charge in [0.15, 0.2) is 16.7 Å². The second kappa shape index (κ2) is 8.28. The predicted molar refractivity (Wildman–Crippen MR) is 116 cm³/mol. The lowest BCUT2D eigenvalue weighted by atomic mass is 9.83. The molecule has 0 bridgehead atoms. The Balaban J connectivity index is 1.59. The summed E-state index contributed by atoms with van der Waals surface area (Å²) in [5.41, 5.74) is 1.68. The molecule has 7 heteroatoms. The van der Waals surface area contributed by atoms with Crippen molar-refractivity contribution in [3.63, 3.8) is 0 Å². The summed E-state index contributed by atoms with van der Waals surface area (Å²) in [6.45, 7) is 4.71. The standard InChI is InChI=1S/C23H21N3O3S/c1-3-12-26-13-11-24-23(26)30-14(2)22(29)25-18-10-6-9-17-19(18)21(28)16-8-5-4-7-15(16)20(17)27/h4-11,13-14H,3,12H2,1-2H3,(H,25,29). The molecular formula is C23H21N3O3S. The second-order valence-electron chi connectivity index (χ2n) is 7.08. The first-order valence-electron chi connectivity index (χ1n) is 9.81. The van der Waals surface area contributed by atoms with Gasteiger partial charge in [-0.1, -0.05) is 55.1 Å². The van der Waals surface area contributed by atoms with E-state index < -0.39 is 5.25 Å². The van der Waals surface area contributed by atoms with Gasteiger partial charge in [0.2, 0.25) is 5.91 Å². The molecule has 3 aromatic rings. The fraction of sp³-hybridized carbons (Fsp3) is 0.217. The van der Waals surface area contributed by atoms with E-state index in [-0.39, 0.29) is 23.0 Å². The van der Waals surface area contributed by atoms with Crippen molar-refractivity contribution in [1.29, 1.82) is 0 Å². The maximum absolute atomic E-state index is 13.1. The summed E-state index contributed by atoms with van der Waals surface area (Å²) in [6.07, 6.45) is 4.59. The van der Waals surface area contributed by atoms with Gasteiger partial charge in [-0.05, 0) is 19.4 Å². The molecule has 30 heavy (non-hydrogen) atoms. The Kier molecular flexibility index (Phi) is 5.55. The van der Waals surface area contributed by atoms with Gasteiger partial charge in [-0.15, -0.1) is 0 Å². The minimum Gasteiger partial charge on any atom is -0.326 e. The smallest absolute Gasteiger partial charge is 0.237 e. The molecule has 1 N–H and O–H groups in total. The number of nitrogens with one attached hydrogen (secondary N) is 1. The number of imidazole rings is 1. The summed E-state index contributed by atoms with van der Waals surface area (Å²) in [5.74, 6) is -0.714. The van der Waals surface area contributed by atoms with Gasteiger partial charge in [-0.2, -0.15) is 0 Å². The summed E-state index contributed by atoms with van der Waals surface area (Å²) >= 11 is 1.36. The molecule has 0 radical (unpaired) electrons. The second-order valence-corrected chi connectivity index (χ2v) is 8.39. The molecule has 1 aliphatic rings. The first-order chi connectivity index (χ1) is 14.5. The number of carbonyl (C=O) groups excluding carboxylic acids is 3. The highest BCUT2D eigenvalue weighted by atomic mass is 32.2. The molecule has 0 spiro atoms. The predicted octanol–water partition coefficient (Wildman–Crippen LogP) is 4.19. The molecular weight excluding hydrogens is 398 g/mol. The van der Waals surface area contributed by atoms with E-state index in [2.05, 4.69) is 17.2 Å². The van der Waals surface area contributed by atoms with Crippen LogP contribution < -0.4 is 5.32 Å². The average molecular weight is 420 g/mol. The van der Waals surface area contributed by atoms with Crippen molar-refractivity contribution in [3.8, 4) is 0 Å². The van der Waals surface area contributed by atoms with Crippen LogP contribution in [0.15, 0.2) is 60.0 Å². The normalized spacial score (nSPS) is 13.5. The quantitative estimate of drug-likeness (QED) is 0.474. The van der Waals surface area contributed by atoms with Crippen molar-refractivity contribution in [2.24, 2.45) is 0 Å². The molecule has 0 saturated carbocycles. The van der Waals surface area contributed by atoms with Gasteiger partial charge in [0.05, 0.1) is 16.5 Å². The number of anilines is 1. The maximum Gasteiger partial charge on any atom is 0.237 e. The van der Waals surface area contributed by atoms with Gasteiger partial charge in [0.25, 0.3) is 0 Å². The van der Waals surface area contributed by atoms with Crippen LogP contribution in [0.3, 0.4) is 0 Å². The van der Waals surface area contributed by atoms with Gasteiger partial charge in [-0.25, -0.2) is 4.98 Å². The minimum atomic E-state index is -0.430. The molecule has 1 amide bonds. The third kappa shape index (κ3) is 3.57. The highest BCUT2D eigenvalue weighted by Gasteiger charge is 2.32. The van der Waals surface area contributed by atoms with Crippen molar-refractivity contribution in [2.75, 3.05) is 5.32 Å². The van der Waals surface area contributed by atoms with Crippen molar-refractivity contribution >= 4 is 34.9 Å². The maximum atomic E-state index is 13.1. The molecule has 0 aliphatic heterocycles. The minimum absolute atomic E-state index is 0.208. The van der Waals surface area contributed by atoms with E-state index in [9.17, 15) is 14.4 Å². The number of nitrogens with zero attached hydrogens (tertiary/aromatic N) is 2. The lowest BCUT2D eigenvalue weighted by Crippen LogP contribution is -2.27. The Labute approximate surface area is 178 Å². The molecule has 2 aromatic carbocycles. The van der Waals surface area contributed by atoms with Gasteiger partial charge in [0, 0.05) is 35.6 Å². The average Bonchev–Trinajstić information content (AvgIpc) is 3.18. The van der Waals surface area contributed by atoms with E-state index >= 15 is 0 Å². The lowest BCUT2D eigenvalue weighted by molar-refractivity contribution is -0.115. The number of amides is 1. The molecule has 1 unspecified atom stereocenters. The molecule has 1 atom stereocenters. The topological polar surface area (TPSA) is 81.1 Å². The molecule has 1 heterocycles. The number of ketones is 2. The molecule has 1 aromatic heterocycles. The molecule has 0 fully saturated rings. The number of aromatic nitrogens is 2. The van der Waals surface area contributed by atoms with Crippen molar-refractivity contribution in [1.82, 2.24) is 9.55 Å². The molecule has 0 saturated heterocycles. The van der Waals surface area contributed by atoms with Crippen LogP contribution >= 0.6 is 11.8 Å². The van der Waals surface area contributed by atoms with Gasteiger partial charge in [-0.3, -0.25) is 14.4 Å². The van der Waals surface area contributed by atoms with Gasteiger partial charge in [0.1, 0.15) is 0 Å². The van der Waals surface area contributed by atoms with Crippen molar-refractivity contribution in [2.45, 2.75) is 37.2 Å². The largest absolute Gasteiger partial charge is 0.326 e. The molecule has 4 rings (SSSR count). The van der Waals surface area contributed by atoms with Crippen LogP contribution in [0.5, 0.6) is 0 Å². The highest BCUT2D eigenvalue weighted by Crippen LogP contribution is 2.32. The van der Waals surface area contributed by atoms with Crippen molar-refractivity contribution < 1.29 is 14.4 Å². The molecule has 152 valence electrons. The first-order valence-corrected chi connectivity index (χ1v) is 10.7. The first kappa shape index (κ1) is 20.1. The number of hydrogen-bond donors (Lipinski definition) is 1. The van der Waals surface area contributed by atoms with E-state index in [0.717, 1.165) is 18.1 Å². The van der Waals surface area contributed by atoms with Crippen LogP contribution in [-0.4, -0.2) is 32.3 Å². The highest BCUT2D eigenvalue weighted by molar-refractivity contribution is 8.00. The number of carbonyl (C=O) groups is 3. The zero-order valence-electron chi connectivity index (χ0n) is 16.7. The number of thioether (sulfide) groups is 1. The monoisotopic (exact) mass is 419 g/mol. The van der Waals surface area contributed by atoms with E-state index in [0.29, 0.717) is 22.4 Å². The fourth-order valence-electron chi connectivity index (χ4n) is 3.52. The van der Waals surface area contributed by atoms with Crippen LogP contribution in [0.1, 0.15) is 52.1 Å². The van der Waals surface area contributed by atoms with Crippen LogP contribution in [0.25, 0.3) is 0 Å². The summed E-state index contributed by atoms with van der Waals surface area (Å²) in [4.78, 5) is 43.1. The Morgan fingerprint density at radius 3 is 2.50 bits per heavy atom. The van der Waals surface area contributed by atoms with E-state index in [4.69, 9.17) is 0 Å². The Morgan fingerprint density at radius 2 is 1.77 bits per heavy atom. The SMILES string of the molecule is CCCn1ccnc1SC(C)C(=O)Nc1cccc2c1C(=O)c1ccccc1C2=O. The zero-order chi connectivity index (χ0) is 21.3. The number of rotatable bonds is 6.